The Balaban J connectivity index is 1.75. The fraction of sp³-hybridized carbons (Fsp3) is 0.357. The maximum absolute atomic E-state index is 13.7. The molecule has 0 aliphatic carbocycles. The number of methoxy groups -OCH3 is 1. The number of anilines is 1. The Labute approximate surface area is 132 Å². The van der Waals surface area contributed by atoms with Crippen molar-refractivity contribution in [2.45, 2.75) is 0 Å². The summed E-state index contributed by atoms with van der Waals surface area (Å²) in [6.45, 7) is 2.61. The smallest absolute Gasteiger partial charge is 0.183 e. The number of nitrogens with two attached hydrogens (primary N) is 1. The quantitative estimate of drug-likeness (QED) is 0.796. The van der Waals surface area contributed by atoms with Crippen molar-refractivity contribution in [1.82, 2.24) is 4.90 Å². The number of hydrogen-bond donors (Lipinski definition) is 2. The van der Waals surface area contributed by atoms with Gasteiger partial charge in [0.1, 0.15) is 0 Å². The van der Waals surface area contributed by atoms with Crippen molar-refractivity contribution < 1.29 is 13.9 Å². The molecule has 2 heterocycles. The van der Waals surface area contributed by atoms with Crippen molar-refractivity contribution >= 4 is 23.1 Å². The van der Waals surface area contributed by atoms with E-state index in [1.54, 1.807) is 6.07 Å². The zero-order valence-corrected chi connectivity index (χ0v) is 12.6. The van der Waals surface area contributed by atoms with Crippen LogP contribution in [-0.4, -0.2) is 55.7 Å². The number of hydrazone groups is 1. The first-order valence-corrected chi connectivity index (χ1v) is 7.11. The molecule has 3 rings (SSSR count). The van der Waals surface area contributed by atoms with Crippen molar-refractivity contribution in [1.29, 1.82) is 0 Å². The summed E-state index contributed by atoms with van der Waals surface area (Å²) in [6, 6.07) is 4.46. The molecule has 2 aliphatic rings. The van der Waals surface area contributed by atoms with Gasteiger partial charge in [0.05, 0.1) is 26.0 Å². The minimum atomic E-state index is -0.479. The molecule has 0 bridgehead atoms. The lowest BCUT2D eigenvalue weighted by atomic mass is 10.2. The van der Waals surface area contributed by atoms with Crippen LogP contribution in [0.25, 0.3) is 0 Å². The highest BCUT2D eigenvalue weighted by molar-refractivity contribution is 6.68. The number of ether oxygens (including phenoxy) is 2. The second-order valence-electron chi connectivity index (χ2n) is 4.93. The largest absolute Gasteiger partial charge is 0.494 e. The molecule has 0 atom stereocenters. The summed E-state index contributed by atoms with van der Waals surface area (Å²) in [5, 5.41) is 12.1. The van der Waals surface area contributed by atoms with E-state index in [9.17, 15) is 4.39 Å². The molecule has 1 fully saturated rings. The number of halogens is 1. The molecule has 1 aromatic carbocycles. The van der Waals surface area contributed by atoms with Crippen LogP contribution >= 0.6 is 0 Å². The van der Waals surface area contributed by atoms with Crippen molar-refractivity contribution in [3.63, 3.8) is 0 Å². The Morgan fingerprint density at radius 3 is 2.83 bits per heavy atom. The molecule has 9 heteroatoms. The van der Waals surface area contributed by atoms with E-state index in [1.165, 1.54) is 19.2 Å². The zero-order valence-electron chi connectivity index (χ0n) is 12.6. The molecule has 0 unspecified atom stereocenters. The normalized spacial score (nSPS) is 19.6. The second-order valence-corrected chi connectivity index (χ2v) is 4.93. The van der Waals surface area contributed by atoms with E-state index in [-0.39, 0.29) is 11.6 Å². The third kappa shape index (κ3) is 3.24. The summed E-state index contributed by atoms with van der Waals surface area (Å²) in [4.78, 5) is 2.00. The Morgan fingerprint density at radius 2 is 2.13 bits per heavy atom. The summed E-state index contributed by atoms with van der Waals surface area (Å²) in [6.07, 6.45) is 0. The van der Waals surface area contributed by atoms with Crippen LogP contribution in [0.5, 0.6) is 5.75 Å². The van der Waals surface area contributed by atoms with Crippen LogP contribution in [0.2, 0.25) is 0 Å². The SMILES string of the molecule is COc1ccc(N/N=C2/C(N)=NN=C2N2CCOCC2)cc1F. The first kappa shape index (κ1) is 15.2. The van der Waals surface area contributed by atoms with Crippen molar-refractivity contribution in [2.24, 2.45) is 21.0 Å². The standard InChI is InChI=1S/C14H17FN6O2/c1-22-11-3-2-9(8-10(11)15)17-18-12-13(16)19-20-14(12)21-4-6-23-7-5-21/h2-3,8,17H,4-7H2,1H3,(H2,16,18,19). The number of amidine groups is 2. The maximum Gasteiger partial charge on any atom is 0.183 e. The van der Waals surface area contributed by atoms with Crippen LogP contribution in [0.4, 0.5) is 10.1 Å². The van der Waals surface area contributed by atoms with E-state index >= 15 is 0 Å². The van der Waals surface area contributed by atoms with Gasteiger partial charge < -0.3 is 20.1 Å². The molecule has 0 aromatic heterocycles. The highest BCUT2D eigenvalue weighted by atomic mass is 19.1. The first-order valence-electron chi connectivity index (χ1n) is 7.11. The lowest BCUT2D eigenvalue weighted by Gasteiger charge is -2.28. The third-order valence-corrected chi connectivity index (χ3v) is 3.47. The molecule has 1 saturated heterocycles. The fourth-order valence-electron chi connectivity index (χ4n) is 2.26. The van der Waals surface area contributed by atoms with Gasteiger partial charge in [0.25, 0.3) is 0 Å². The fourth-order valence-corrected chi connectivity index (χ4v) is 2.26. The van der Waals surface area contributed by atoms with Gasteiger partial charge in [-0.05, 0) is 12.1 Å². The number of hydrogen-bond acceptors (Lipinski definition) is 8. The average Bonchev–Trinajstić information content (AvgIpc) is 2.94. The monoisotopic (exact) mass is 320 g/mol. The Hall–Kier alpha value is -2.68. The summed E-state index contributed by atoms with van der Waals surface area (Å²) in [5.74, 6) is 0.494. The van der Waals surface area contributed by atoms with Gasteiger partial charge in [0.2, 0.25) is 0 Å². The molecule has 8 nitrogen and oxygen atoms in total. The van der Waals surface area contributed by atoms with Gasteiger partial charge in [-0.25, -0.2) is 4.39 Å². The number of nitrogens with zero attached hydrogens (tertiary/aromatic N) is 4. The minimum absolute atomic E-state index is 0.167. The summed E-state index contributed by atoms with van der Waals surface area (Å²) in [7, 11) is 1.41. The Kier molecular flexibility index (Phi) is 4.38. The van der Waals surface area contributed by atoms with E-state index in [2.05, 4.69) is 20.7 Å². The maximum atomic E-state index is 13.7. The molecule has 0 saturated carbocycles. The zero-order chi connectivity index (χ0) is 16.2. The number of nitrogens with one attached hydrogen (secondary N) is 1. The van der Waals surface area contributed by atoms with E-state index in [0.29, 0.717) is 43.5 Å². The van der Waals surface area contributed by atoms with Gasteiger partial charge >= 0.3 is 0 Å². The molecule has 0 amide bonds. The minimum Gasteiger partial charge on any atom is -0.494 e. The van der Waals surface area contributed by atoms with Crippen LogP contribution < -0.4 is 15.9 Å². The van der Waals surface area contributed by atoms with Crippen LogP contribution in [-0.2, 0) is 4.74 Å². The van der Waals surface area contributed by atoms with Gasteiger partial charge in [-0.3, -0.25) is 5.43 Å². The van der Waals surface area contributed by atoms with Gasteiger partial charge in [0.15, 0.2) is 28.9 Å². The molecule has 0 spiro atoms. The van der Waals surface area contributed by atoms with Crippen LogP contribution in [0.1, 0.15) is 0 Å². The van der Waals surface area contributed by atoms with E-state index in [4.69, 9.17) is 15.2 Å². The third-order valence-electron chi connectivity index (χ3n) is 3.47. The molecule has 1 aromatic rings. The average molecular weight is 320 g/mol. The summed E-state index contributed by atoms with van der Waals surface area (Å²) >= 11 is 0. The lowest BCUT2D eigenvalue weighted by molar-refractivity contribution is 0.0689. The molecular weight excluding hydrogens is 303 g/mol. The number of morpholine rings is 1. The summed E-state index contributed by atoms with van der Waals surface area (Å²) in [5.41, 5.74) is 9.50. The molecule has 23 heavy (non-hydrogen) atoms. The van der Waals surface area contributed by atoms with Crippen LogP contribution in [0.15, 0.2) is 33.5 Å². The van der Waals surface area contributed by atoms with Gasteiger partial charge in [-0.15, -0.1) is 10.2 Å². The topological polar surface area (TPSA) is 96.8 Å². The number of rotatable bonds is 3. The predicted octanol–water partition coefficient (Wildman–Crippen LogP) is 0.619. The molecule has 2 aliphatic heterocycles. The highest BCUT2D eigenvalue weighted by Crippen LogP contribution is 2.20. The molecule has 122 valence electrons. The van der Waals surface area contributed by atoms with Gasteiger partial charge in [-0.1, -0.05) is 0 Å². The second kappa shape index (κ2) is 6.61. The molecule has 3 N–H and O–H groups in total. The first-order chi connectivity index (χ1) is 11.2. The Morgan fingerprint density at radius 1 is 1.35 bits per heavy atom. The Bertz CT molecular complexity index is 682. The van der Waals surface area contributed by atoms with Crippen LogP contribution in [0, 0.1) is 5.82 Å². The molecular formula is C14H17FN6O2. The summed E-state index contributed by atoms with van der Waals surface area (Å²) < 4.78 is 23.9. The van der Waals surface area contributed by atoms with E-state index < -0.39 is 5.82 Å². The lowest BCUT2D eigenvalue weighted by Crippen LogP contribution is -2.46. The van der Waals surface area contributed by atoms with E-state index in [0.717, 1.165) is 0 Å². The molecule has 0 radical (unpaired) electrons. The van der Waals surface area contributed by atoms with Crippen molar-refractivity contribution in [3.05, 3.63) is 24.0 Å². The van der Waals surface area contributed by atoms with Gasteiger partial charge in [-0.2, -0.15) is 5.10 Å². The van der Waals surface area contributed by atoms with Crippen molar-refractivity contribution in [2.75, 3.05) is 38.8 Å². The predicted molar refractivity (Wildman–Crippen MR) is 85.5 cm³/mol. The van der Waals surface area contributed by atoms with Gasteiger partial charge in [0, 0.05) is 19.2 Å². The number of benzene rings is 1. The van der Waals surface area contributed by atoms with Crippen molar-refractivity contribution in [3.8, 4) is 5.75 Å². The van der Waals surface area contributed by atoms with E-state index in [1.807, 2.05) is 4.90 Å². The van der Waals surface area contributed by atoms with Crippen LogP contribution in [0.3, 0.4) is 0 Å². The highest BCUT2D eigenvalue weighted by Gasteiger charge is 2.26.